The number of hydrogen-bond acceptors (Lipinski definition) is 8. The number of carbonyl (C=O) groups is 2. The second-order valence-electron chi connectivity index (χ2n) is 7.39. The van der Waals surface area contributed by atoms with E-state index in [1.165, 1.54) is 24.3 Å². The van der Waals surface area contributed by atoms with Gasteiger partial charge in [-0.15, -0.1) is 0 Å². The molecule has 1 atom stereocenters. The molecule has 4 rings (SSSR count). The summed E-state index contributed by atoms with van der Waals surface area (Å²) in [6.07, 6.45) is -0.0914. The minimum Gasteiger partial charge on any atom is -0.454 e. The van der Waals surface area contributed by atoms with E-state index in [0.717, 1.165) is 0 Å². The summed E-state index contributed by atoms with van der Waals surface area (Å²) in [7, 11) is 0. The van der Waals surface area contributed by atoms with Crippen molar-refractivity contribution in [2.24, 2.45) is 0 Å². The standard InChI is InChI=1S/C25H16BrN3O7/c26-19-12-18(29(32)33)7-8-20(19)28-24(30)23(16-4-2-1-3-5-16)36-25(31)17(13-27)10-15-6-9-21-22(11-15)35-14-34-21/h1-12,23H,14H2,(H,28,30)/b17-10+/t23-/m1/s1. The maximum atomic E-state index is 13.1. The Bertz CT molecular complexity index is 1420. The van der Waals surface area contributed by atoms with Gasteiger partial charge in [0.05, 0.1) is 10.6 Å². The molecule has 0 unspecified atom stereocenters. The van der Waals surface area contributed by atoms with E-state index in [1.807, 2.05) is 0 Å². The number of halogens is 1. The number of nitro benzene ring substituents is 1. The minimum absolute atomic E-state index is 0.0778. The molecule has 180 valence electrons. The van der Waals surface area contributed by atoms with Crippen molar-refractivity contribution in [3.05, 3.63) is 98.0 Å². The van der Waals surface area contributed by atoms with Crippen LogP contribution in [0.1, 0.15) is 17.2 Å². The fourth-order valence-corrected chi connectivity index (χ4v) is 3.76. The number of esters is 1. The normalized spacial score (nSPS) is 12.8. The molecule has 0 bridgehead atoms. The quantitative estimate of drug-likeness (QED) is 0.144. The lowest BCUT2D eigenvalue weighted by Gasteiger charge is -2.18. The first-order valence-electron chi connectivity index (χ1n) is 10.4. The van der Waals surface area contributed by atoms with Gasteiger partial charge in [-0.1, -0.05) is 36.4 Å². The highest BCUT2D eigenvalue weighted by Crippen LogP contribution is 2.33. The van der Waals surface area contributed by atoms with Crippen LogP contribution in [0.3, 0.4) is 0 Å². The van der Waals surface area contributed by atoms with Gasteiger partial charge in [0.2, 0.25) is 12.9 Å². The van der Waals surface area contributed by atoms with E-state index in [-0.39, 0.29) is 28.2 Å². The summed E-state index contributed by atoms with van der Waals surface area (Å²) in [6.45, 7) is 0.0778. The molecular weight excluding hydrogens is 534 g/mol. The van der Waals surface area contributed by atoms with E-state index in [0.29, 0.717) is 22.6 Å². The minimum atomic E-state index is -1.41. The van der Waals surface area contributed by atoms with Gasteiger partial charge >= 0.3 is 5.97 Å². The molecule has 3 aromatic carbocycles. The Morgan fingerprint density at radius 3 is 2.56 bits per heavy atom. The lowest BCUT2D eigenvalue weighted by molar-refractivity contribution is -0.384. The average molecular weight is 550 g/mol. The Kier molecular flexibility index (Phi) is 7.27. The van der Waals surface area contributed by atoms with Crippen LogP contribution in [0, 0.1) is 21.4 Å². The van der Waals surface area contributed by atoms with Crippen molar-refractivity contribution < 1.29 is 28.7 Å². The predicted molar refractivity (Wildman–Crippen MR) is 131 cm³/mol. The number of non-ortho nitro benzene ring substituents is 1. The first kappa shape index (κ1) is 24.4. The largest absolute Gasteiger partial charge is 0.454 e. The predicted octanol–water partition coefficient (Wildman–Crippen LogP) is 4.92. The summed E-state index contributed by atoms with van der Waals surface area (Å²) in [4.78, 5) is 36.5. The van der Waals surface area contributed by atoms with Gasteiger partial charge in [0.1, 0.15) is 11.6 Å². The van der Waals surface area contributed by atoms with E-state index in [4.69, 9.17) is 14.2 Å². The number of nitrogens with zero attached hydrogens (tertiary/aromatic N) is 2. The molecular formula is C25H16BrN3O7. The lowest BCUT2D eigenvalue weighted by Crippen LogP contribution is -2.26. The SMILES string of the molecule is N#C/C(=C\c1ccc2c(c1)OCO2)C(=O)O[C@@H](C(=O)Nc1ccc([N+](=O)[O-])cc1Br)c1ccccc1. The highest BCUT2D eigenvalue weighted by Gasteiger charge is 2.27. The third kappa shape index (κ3) is 5.51. The van der Waals surface area contributed by atoms with Crippen molar-refractivity contribution in [1.82, 2.24) is 0 Å². The molecule has 1 aliphatic rings. The maximum Gasteiger partial charge on any atom is 0.350 e. The Hall–Kier alpha value is -4.69. The third-order valence-corrected chi connectivity index (χ3v) is 5.69. The maximum absolute atomic E-state index is 13.1. The van der Waals surface area contributed by atoms with Crippen molar-refractivity contribution in [2.45, 2.75) is 6.10 Å². The fourth-order valence-electron chi connectivity index (χ4n) is 3.29. The van der Waals surface area contributed by atoms with Crippen LogP contribution >= 0.6 is 15.9 Å². The van der Waals surface area contributed by atoms with E-state index in [9.17, 15) is 25.0 Å². The Morgan fingerprint density at radius 2 is 1.86 bits per heavy atom. The van der Waals surface area contributed by atoms with Crippen LogP contribution in [-0.4, -0.2) is 23.6 Å². The molecule has 1 amide bonds. The summed E-state index contributed by atoms with van der Waals surface area (Å²) in [5.74, 6) is -0.706. The molecule has 0 aliphatic carbocycles. The van der Waals surface area contributed by atoms with Gasteiger partial charge in [-0.25, -0.2) is 4.79 Å². The number of benzene rings is 3. The average Bonchev–Trinajstić information content (AvgIpc) is 3.35. The van der Waals surface area contributed by atoms with E-state index < -0.39 is 22.9 Å². The van der Waals surface area contributed by atoms with Gasteiger partial charge in [0.25, 0.3) is 11.6 Å². The number of fused-ring (bicyclic) bond motifs is 1. The van der Waals surface area contributed by atoms with Crippen molar-refractivity contribution in [3.63, 3.8) is 0 Å². The van der Waals surface area contributed by atoms with Gasteiger partial charge in [0, 0.05) is 22.2 Å². The number of anilines is 1. The van der Waals surface area contributed by atoms with Gasteiger partial charge in [-0.05, 0) is 45.8 Å². The van der Waals surface area contributed by atoms with Crippen LogP contribution in [0.2, 0.25) is 0 Å². The van der Waals surface area contributed by atoms with E-state index in [1.54, 1.807) is 54.6 Å². The number of nitriles is 1. The molecule has 10 nitrogen and oxygen atoms in total. The highest BCUT2D eigenvalue weighted by atomic mass is 79.9. The first-order chi connectivity index (χ1) is 17.4. The van der Waals surface area contributed by atoms with Crippen LogP contribution in [0.4, 0.5) is 11.4 Å². The Balaban J connectivity index is 1.58. The zero-order valence-corrected chi connectivity index (χ0v) is 19.9. The molecule has 0 saturated carbocycles. The molecule has 0 radical (unpaired) electrons. The second kappa shape index (κ2) is 10.7. The molecule has 3 aromatic rings. The van der Waals surface area contributed by atoms with Crippen LogP contribution in [-0.2, 0) is 14.3 Å². The number of nitrogens with one attached hydrogen (secondary N) is 1. The third-order valence-electron chi connectivity index (χ3n) is 5.03. The Morgan fingerprint density at radius 1 is 1.11 bits per heavy atom. The molecule has 1 heterocycles. The monoisotopic (exact) mass is 549 g/mol. The van der Waals surface area contributed by atoms with Crippen LogP contribution in [0.25, 0.3) is 6.08 Å². The molecule has 1 N–H and O–H groups in total. The fraction of sp³-hybridized carbons (Fsp3) is 0.0800. The van der Waals surface area contributed by atoms with Crippen molar-refractivity contribution >= 4 is 45.3 Å². The topological polar surface area (TPSA) is 141 Å². The molecule has 36 heavy (non-hydrogen) atoms. The summed E-state index contributed by atoms with van der Waals surface area (Å²) >= 11 is 3.19. The summed E-state index contributed by atoms with van der Waals surface area (Å²) < 4.78 is 16.3. The Labute approximate surface area is 213 Å². The molecule has 0 spiro atoms. The summed E-state index contributed by atoms with van der Waals surface area (Å²) in [6, 6.07) is 18.8. The molecule has 0 saturated heterocycles. The number of nitro groups is 1. The van der Waals surface area contributed by atoms with Crippen molar-refractivity contribution in [3.8, 4) is 17.6 Å². The van der Waals surface area contributed by atoms with E-state index in [2.05, 4.69) is 21.2 Å². The zero-order valence-electron chi connectivity index (χ0n) is 18.3. The van der Waals surface area contributed by atoms with Crippen LogP contribution < -0.4 is 14.8 Å². The molecule has 11 heteroatoms. The summed E-state index contributed by atoms with van der Waals surface area (Å²) in [5, 5.41) is 23.2. The van der Waals surface area contributed by atoms with Gasteiger partial charge in [0.15, 0.2) is 11.5 Å². The molecule has 0 fully saturated rings. The number of amides is 1. The van der Waals surface area contributed by atoms with Crippen molar-refractivity contribution in [2.75, 3.05) is 12.1 Å². The van der Waals surface area contributed by atoms with Crippen LogP contribution in [0.15, 0.2) is 76.8 Å². The number of ether oxygens (including phenoxy) is 3. The van der Waals surface area contributed by atoms with Gasteiger partial charge in [-0.2, -0.15) is 5.26 Å². The first-order valence-corrected chi connectivity index (χ1v) is 11.2. The molecule has 1 aliphatic heterocycles. The number of hydrogen-bond donors (Lipinski definition) is 1. The van der Waals surface area contributed by atoms with Gasteiger partial charge in [-0.3, -0.25) is 14.9 Å². The smallest absolute Gasteiger partial charge is 0.350 e. The number of rotatable bonds is 7. The van der Waals surface area contributed by atoms with Crippen LogP contribution in [0.5, 0.6) is 11.5 Å². The lowest BCUT2D eigenvalue weighted by atomic mass is 10.1. The molecule has 0 aromatic heterocycles. The highest BCUT2D eigenvalue weighted by molar-refractivity contribution is 9.10. The number of carbonyl (C=O) groups excluding carboxylic acids is 2. The zero-order chi connectivity index (χ0) is 25.7. The van der Waals surface area contributed by atoms with Gasteiger partial charge < -0.3 is 19.5 Å². The summed E-state index contributed by atoms with van der Waals surface area (Å²) in [5.41, 5.74) is 0.598. The van der Waals surface area contributed by atoms with E-state index >= 15 is 0 Å². The van der Waals surface area contributed by atoms with Crippen molar-refractivity contribution in [1.29, 1.82) is 5.26 Å². The second-order valence-corrected chi connectivity index (χ2v) is 8.24.